The van der Waals surface area contributed by atoms with Crippen molar-refractivity contribution < 1.29 is 0 Å². The van der Waals surface area contributed by atoms with Crippen molar-refractivity contribution in [2.75, 3.05) is 11.9 Å². The topological polar surface area (TPSA) is 3.24 Å². The van der Waals surface area contributed by atoms with Crippen molar-refractivity contribution in [1.82, 2.24) is 0 Å². The summed E-state index contributed by atoms with van der Waals surface area (Å²) in [6, 6.07) is 9.46. The summed E-state index contributed by atoms with van der Waals surface area (Å²) in [5, 5.41) is 0. The molecule has 1 heteroatoms. The van der Waals surface area contributed by atoms with Crippen LogP contribution in [0.4, 0.5) is 5.69 Å². The fourth-order valence-corrected chi connectivity index (χ4v) is 1.61. The van der Waals surface area contributed by atoms with E-state index in [1.54, 1.807) is 0 Å². The Morgan fingerprint density at radius 1 is 1.27 bits per heavy atom. The maximum Gasteiger partial charge on any atom is 0.0368 e. The van der Waals surface area contributed by atoms with Crippen LogP contribution in [0.5, 0.6) is 0 Å². The van der Waals surface area contributed by atoms with Crippen LogP contribution in [-0.4, -0.2) is 13.1 Å². The van der Waals surface area contributed by atoms with Gasteiger partial charge in [-0.25, -0.2) is 0 Å². The highest BCUT2D eigenvalue weighted by atomic mass is 15.1. The minimum Gasteiger partial charge on any atom is -0.372 e. The van der Waals surface area contributed by atoms with Gasteiger partial charge in [0.05, 0.1) is 0 Å². The number of anilines is 1. The van der Waals surface area contributed by atoms with Gasteiger partial charge in [0.1, 0.15) is 0 Å². The average molecular weight is 205 g/mol. The highest BCUT2D eigenvalue weighted by molar-refractivity contribution is 5.48. The van der Waals surface area contributed by atoms with E-state index in [9.17, 15) is 0 Å². The lowest BCUT2D eigenvalue weighted by Gasteiger charge is -2.24. The van der Waals surface area contributed by atoms with Crippen LogP contribution in [0.2, 0.25) is 0 Å². The Bertz CT molecular complexity index is 291. The Morgan fingerprint density at radius 3 is 2.60 bits per heavy atom. The van der Waals surface area contributed by atoms with Gasteiger partial charge in [0.15, 0.2) is 0 Å². The summed E-state index contributed by atoms with van der Waals surface area (Å²) in [4.78, 5) is 2.31. The van der Waals surface area contributed by atoms with Crippen molar-refractivity contribution >= 4 is 5.69 Å². The van der Waals surface area contributed by atoms with Crippen LogP contribution in [0.25, 0.3) is 0 Å². The van der Waals surface area contributed by atoms with Crippen molar-refractivity contribution in [2.24, 2.45) is 0 Å². The molecule has 0 aromatic heterocycles. The van der Waals surface area contributed by atoms with Crippen molar-refractivity contribution in [3.8, 4) is 0 Å². The predicted octanol–water partition coefficient (Wildman–Crippen LogP) is 3.87. The molecule has 0 bridgehead atoms. The van der Waals surface area contributed by atoms with Crippen LogP contribution in [0, 0.1) is 0 Å². The zero-order valence-corrected chi connectivity index (χ0v) is 10.5. The second kappa shape index (κ2) is 5.79. The van der Waals surface area contributed by atoms with Crippen molar-refractivity contribution in [3.05, 3.63) is 29.8 Å². The van der Waals surface area contributed by atoms with Gasteiger partial charge < -0.3 is 4.90 Å². The van der Waals surface area contributed by atoms with E-state index >= 15 is 0 Å². The lowest BCUT2D eigenvalue weighted by Crippen LogP contribution is -2.25. The van der Waals surface area contributed by atoms with Gasteiger partial charge in [-0.1, -0.05) is 25.5 Å². The first-order chi connectivity index (χ1) is 7.15. The van der Waals surface area contributed by atoms with Crippen LogP contribution < -0.4 is 4.90 Å². The molecule has 0 N–H and O–H groups in total. The molecule has 0 saturated carbocycles. The second-order valence-electron chi connectivity index (χ2n) is 4.48. The summed E-state index contributed by atoms with van der Waals surface area (Å²) in [5.41, 5.74) is 2.79. The molecule has 15 heavy (non-hydrogen) atoms. The molecule has 0 saturated heterocycles. The molecule has 0 aliphatic carbocycles. The first-order valence-corrected chi connectivity index (χ1v) is 5.97. The number of rotatable bonds is 5. The second-order valence-corrected chi connectivity index (χ2v) is 4.48. The normalized spacial score (nSPS) is 10.7. The molecular weight excluding hydrogens is 182 g/mol. The summed E-state index contributed by atoms with van der Waals surface area (Å²) in [5.74, 6) is 0. The molecule has 1 aromatic carbocycles. The van der Waals surface area contributed by atoms with Gasteiger partial charge >= 0.3 is 0 Å². The molecule has 0 aliphatic heterocycles. The van der Waals surface area contributed by atoms with E-state index in [1.165, 1.54) is 30.5 Å². The minimum atomic E-state index is 0.562. The third-order valence-electron chi connectivity index (χ3n) is 2.91. The maximum absolute atomic E-state index is 2.32. The molecule has 84 valence electrons. The molecule has 0 aliphatic rings. The first-order valence-electron chi connectivity index (χ1n) is 5.97. The molecule has 0 unspecified atom stereocenters. The Labute approximate surface area is 94.1 Å². The van der Waals surface area contributed by atoms with Gasteiger partial charge in [0.2, 0.25) is 0 Å². The number of hydrogen-bond donors (Lipinski definition) is 0. The molecular formula is C14H23N. The fraction of sp³-hybridized carbons (Fsp3) is 0.571. The molecule has 0 amide bonds. The fourth-order valence-electron chi connectivity index (χ4n) is 1.61. The van der Waals surface area contributed by atoms with Crippen molar-refractivity contribution in [2.45, 2.75) is 46.1 Å². The third kappa shape index (κ3) is 3.58. The third-order valence-corrected chi connectivity index (χ3v) is 2.91. The Morgan fingerprint density at radius 2 is 2.00 bits per heavy atom. The number of aryl methyl sites for hydroxylation is 1. The van der Waals surface area contributed by atoms with Crippen LogP contribution in [0.15, 0.2) is 24.3 Å². The van der Waals surface area contributed by atoms with E-state index in [-0.39, 0.29) is 0 Å². The lowest BCUT2D eigenvalue weighted by atomic mass is 10.1. The van der Waals surface area contributed by atoms with Crippen LogP contribution in [-0.2, 0) is 6.42 Å². The molecule has 1 rings (SSSR count). The quantitative estimate of drug-likeness (QED) is 0.705. The molecule has 0 fully saturated rings. The van der Waals surface area contributed by atoms with E-state index in [1.807, 2.05) is 0 Å². The predicted molar refractivity (Wildman–Crippen MR) is 68.6 cm³/mol. The van der Waals surface area contributed by atoms with E-state index in [0.717, 1.165) is 0 Å². The zero-order valence-electron chi connectivity index (χ0n) is 10.5. The summed E-state index contributed by atoms with van der Waals surface area (Å²) in [7, 11) is 2.16. The Kier molecular flexibility index (Phi) is 4.67. The summed E-state index contributed by atoms with van der Waals surface area (Å²) < 4.78 is 0. The summed E-state index contributed by atoms with van der Waals surface area (Å²) in [6.45, 7) is 6.68. The monoisotopic (exact) mass is 205 g/mol. The zero-order chi connectivity index (χ0) is 11.3. The highest BCUT2D eigenvalue weighted by Crippen LogP contribution is 2.18. The largest absolute Gasteiger partial charge is 0.372 e. The smallest absolute Gasteiger partial charge is 0.0368 e. The van der Waals surface area contributed by atoms with Crippen molar-refractivity contribution in [1.29, 1.82) is 0 Å². The maximum atomic E-state index is 2.32. The standard InChI is InChI=1S/C14H23N/c1-5-6-8-13-9-7-10-14(11-13)15(4)12(2)3/h7,9-12H,5-6,8H2,1-4H3. The number of nitrogens with zero attached hydrogens (tertiary/aromatic N) is 1. The molecule has 0 spiro atoms. The Hall–Kier alpha value is -0.980. The van der Waals surface area contributed by atoms with E-state index in [0.29, 0.717) is 6.04 Å². The number of hydrogen-bond acceptors (Lipinski definition) is 1. The van der Waals surface area contributed by atoms with Gasteiger partial charge in [-0.15, -0.1) is 0 Å². The average Bonchev–Trinajstić information content (AvgIpc) is 2.25. The SMILES string of the molecule is CCCCc1cccc(N(C)C(C)C)c1. The van der Waals surface area contributed by atoms with E-state index < -0.39 is 0 Å². The van der Waals surface area contributed by atoms with Gasteiger partial charge in [0.25, 0.3) is 0 Å². The highest BCUT2D eigenvalue weighted by Gasteiger charge is 2.04. The molecule has 0 radical (unpaired) electrons. The van der Waals surface area contributed by atoms with E-state index in [2.05, 4.69) is 57.0 Å². The molecule has 1 nitrogen and oxygen atoms in total. The number of benzene rings is 1. The number of unbranched alkanes of at least 4 members (excludes halogenated alkanes) is 1. The Balaban J connectivity index is 2.73. The van der Waals surface area contributed by atoms with Gasteiger partial charge in [0, 0.05) is 18.8 Å². The summed E-state index contributed by atoms with van der Waals surface area (Å²) >= 11 is 0. The van der Waals surface area contributed by atoms with Gasteiger partial charge in [-0.05, 0) is 44.4 Å². The molecule has 0 heterocycles. The van der Waals surface area contributed by atoms with Crippen molar-refractivity contribution in [3.63, 3.8) is 0 Å². The summed E-state index contributed by atoms with van der Waals surface area (Å²) in [6.07, 6.45) is 3.76. The van der Waals surface area contributed by atoms with Gasteiger partial charge in [-0.2, -0.15) is 0 Å². The van der Waals surface area contributed by atoms with Gasteiger partial charge in [-0.3, -0.25) is 0 Å². The minimum absolute atomic E-state index is 0.562. The molecule has 0 atom stereocenters. The van der Waals surface area contributed by atoms with Crippen LogP contribution in [0.3, 0.4) is 0 Å². The van der Waals surface area contributed by atoms with Crippen LogP contribution >= 0.6 is 0 Å². The van der Waals surface area contributed by atoms with E-state index in [4.69, 9.17) is 0 Å². The van der Waals surface area contributed by atoms with Crippen LogP contribution in [0.1, 0.15) is 39.2 Å². The first kappa shape index (κ1) is 12.1. The lowest BCUT2D eigenvalue weighted by molar-refractivity contribution is 0.751. The molecule has 1 aromatic rings.